The van der Waals surface area contributed by atoms with Crippen LogP contribution in [-0.4, -0.2) is 22.0 Å². The highest BCUT2D eigenvalue weighted by Gasteiger charge is 2.13. The number of benzene rings is 1. The summed E-state index contributed by atoms with van der Waals surface area (Å²) in [5.74, 6) is 0.761. The van der Waals surface area contributed by atoms with E-state index in [9.17, 15) is 8.42 Å². The lowest BCUT2D eigenvalue weighted by Crippen LogP contribution is -2.25. The molecule has 0 aliphatic carbocycles. The van der Waals surface area contributed by atoms with Gasteiger partial charge in [0.1, 0.15) is 5.76 Å². The Hall–Kier alpha value is -1.63. The summed E-state index contributed by atoms with van der Waals surface area (Å²) in [6.45, 7) is 1.03. The van der Waals surface area contributed by atoms with Gasteiger partial charge in [-0.1, -0.05) is 12.1 Å². The molecule has 0 saturated carbocycles. The van der Waals surface area contributed by atoms with Crippen molar-refractivity contribution in [1.29, 1.82) is 0 Å². The van der Waals surface area contributed by atoms with Crippen LogP contribution in [0.2, 0.25) is 0 Å². The Morgan fingerprint density at radius 1 is 1.15 bits per heavy atom. The minimum atomic E-state index is -3.46. The molecule has 1 heterocycles. The maximum atomic E-state index is 12.1. The molecule has 5 nitrogen and oxygen atoms in total. The van der Waals surface area contributed by atoms with E-state index in [1.165, 1.54) is 0 Å². The molecule has 0 fully saturated rings. The van der Waals surface area contributed by atoms with E-state index in [1.54, 1.807) is 36.6 Å². The number of nitrogens with one attached hydrogen (secondary N) is 2. The monoisotopic (exact) mass is 294 g/mol. The molecule has 1 aromatic carbocycles. The first kappa shape index (κ1) is 14.8. The summed E-state index contributed by atoms with van der Waals surface area (Å²) < 4.78 is 31.9. The van der Waals surface area contributed by atoms with Crippen LogP contribution < -0.4 is 10.0 Å². The van der Waals surface area contributed by atoms with Crippen molar-refractivity contribution < 1.29 is 12.8 Å². The Morgan fingerprint density at radius 2 is 1.90 bits per heavy atom. The van der Waals surface area contributed by atoms with Gasteiger partial charge in [0.15, 0.2) is 0 Å². The molecule has 2 rings (SSSR count). The van der Waals surface area contributed by atoms with Crippen LogP contribution in [-0.2, 0) is 23.0 Å². The second kappa shape index (κ2) is 6.69. The van der Waals surface area contributed by atoms with Crippen molar-refractivity contribution in [3.8, 4) is 0 Å². The van der Waals surface area contributed by atoms with Crippen LogP contribution in [0.25, 0.3) is 0 Å². The number of furan rings is 1. The first-order valence-electron chi connectivity index (χ1n) is 6.37. The van der Waals surface area contributed by atoms with Crippen LogP contribution in [0, 0.1) is 0 Å². The van der Waals surface area contributed by atoms with E-state index in [-0.39, 0.29) is 4.90 Å². The highest BCUT2D eigenvalue weighted by Crippen LogP contribution is 2.10. The van der Waals surface area contributed by atoms with Crippen LogP contribution in [0.15, 0.2) is 52.0 Å². The Kier molecular flexibility index (Phi) is 4.94. The average Bonchev–Trinajstić information content (AvgIpc) is 2.93. The first-order chi connectivity index (χ1) is 9.62. The summed E-state index contributed by atoms with van der Waals surface area (Å²) >= 11 is 0. The summed E-state index contributed by atoms with van der Waals surface area (Å²) in [6.07, 6.45) is 2.11. The third-order valence-electron chi connectivity index (χ3n) is 2.86. The third-order valence-corrected chi connectivity index (χ3v) is 4.34. The largest absolute Gasteiger partial charge is 0.469 e. The van der Waals surface area contributed by atoms with E-state index < -0.39 is 10.0 Å². The molecule has 0 bridgehead atoms. The lowest BCUT2D eigenvalue weighted by molar-refractivity contribution is 0.506. The van der Waals surface area contributed by atoms with Crippen LogP contribution >= 0.6 is 0 Å². The van der Waals surface area contributed by atoms with Crippen molar-refractivity contribution >= 4 is 10.0 Å². The fraction of sp³-hybridized carbons (Fsp3) is 0.286. The Bertz CT molecular complexity index is 619. The lowest BCUT2D eigenvalue weighted by Gasteiger charge is -2.07. The highest BCUT2D eigenvalue weighted by molar-refractivity contribution is 7.89. The molecule has 0 atom stereocenters. The second-order valence-electron chi connectivity index (χ2n) is 4.40. The molecule has 0 unspecified atom stereocenters. The number of rotatable bonds is 7. The van der Waals surface area contributed by atoms with Gasteiger partial charge in [-0.05, 0) is 36.9 Å². The molecule has 0 spiro atoms. The van der Waals surface area contributed by atoms with E-state index >= 15 is 0 Å². The van der Waals surface area contributed by atoms with Crippen molar-refractivity contribution in [3.63, 3.8) is 0 Å². The van der Waals surface area contributed by atoms with E-state index in [0.717, 1.165) is 11.3 Å². The molecule has 2 N–H and O–H groups in total. The summed E-state index contributed by atoms with van der Waals surface area (Å²) in [4.78, 5) is 0.275. The van der Waals surface area contributed by atoms with Crippen LogP contribution in [0.5, 0.6) is 0 Å². The molecule has 2 aromatic rings. The topological polar surface area (TPSA) is 71.3 Å². The van der Waals surface area contributed by atoms with Gasteiger partial charge in [0, 0.05) is 19.5 Å². The zero-order chi connectivity index (χ0) is 14.4. The molecule has 20 heavy (non-hydrogen) atoms. The lowest BCUT2D eigenvalue weighted by atomic mass is 10.2. The van der Waals surface area contributed by atoms with Crippen LogP contribution in [0.3, 0.4) is 0 Å². The van der Waals surface area contributed by atoms with Crippen molar-refractivity contribution in [3.05, 3.63) is 54.0 Å². The van der Waals surface area contributed by atoms with Gasteiger partial charge in [-0.2, -0.15) is 0 Å². The Balaban J connectivity index is 1.95. The first-order valence-corrected chi connectivity index (χ1v) is 7.86. The fourth-order valence-corrected chi connectivity index (χ4v) is 2.87. The minimum Gasteiger partial charge on any atom is -0.469 e. The van der Waals surface area contributed by atoms with Crippen molar-refractivity contribution in [2.24, 2.45) is 0 Å². The standard InChI is InChI=1S/C14H18N2O3S/c1-15-11-12-4-6-14(7-5-12)20(17,18)16-9-8-13-3-2-10-19-13/h2-7,10,15-16H,8-9,11H2,1H3. The van der Waals surface area contributed by atoms with Crippen molar-refractivity contribution in [2.75, 3.05) is 13.6 Å². The second-order valence-corrected chi connectivity index (χ2v) is 6.17. The van der Waals surface area contributed by atoms with Gasteiger partial charge in [-0.3, -0.25) is 0 Å². The Labute approximate surface area is 119 Å². The molecule has 0 saturated heterocycles. The number of hydrogen-bond donors (Lipinski definition) is 2. The van der Waals surface area contributed by atoms with Gasteiger partial charge in [-0.25, -0.2) is 13.1 Å². The van der Waals surface area contributed by atoms with E-state index in [1.807, 2.05) is 13.1 Å². The molecule has 1 aromatic heterocycles. The summed E-state index contributed by atoms with van der Waals surface area (Å²) in [6, 6.07) is 10.4. The van der Waals surface area contributed by atoms with Crippen LogP contribution in [0.4, 0.5) is 0 Å². The van der Waals surface area contributed by atoms with Gasteiger partial charge in [0.25, 0.3) is 0 Å². The SMILES string of the molecule is CNCc1ccc(S(=O)(=O)NCCc2ccco2)cc1. The maximum Gasteiger partial charge on any atom is 0.240 e. The van der Waals surface area contributed by atoms with Gasteiger partial charge in [-0.15, -0.1) is 0 Å². The maximum absolute atomic E-state index is 12.1. The molecule has 108 valence electrons. The normalized spacial score (nSPS) is 11.7. The Morgan fingerprint density at radius 3 is 2.50 bits per heavy atom. The molecule has 6 heteroatoms. The average molecular weight is 294 g/mol. The zero-order valence-electron chi connectivity index (χ0n) is 11.3. The summed E-state index contributed by atoms with van der Waals surface area (Å²) in [7, 11) is -1.61. The summed E-state index contributed by atoms with van der Waals surface area (Å²) in [5, 5.41) is 3.02. The quantitative estimate of drug-likeness (QED) is 0.812. The number of hydrogen-bond acceptors (Lipinski definition) is 4. The zero-order valence-corrected chi connectivity index (χ0v) is 12.1. The highest BCUT2D eigenvalue weighted by atomic mass is 32.2. The molecule has 0 amide bonds. The van der Waals surface area contributed by atoms with E-state index in [2.05, 4.69) is 10.0 Å². The fourth-order valence-electron chi connectivity index (χ4n) is 1.84. The minimum absolute atomic E-state index is 0.275. The van der Waals surface area contributed by atoms with Crippen molar-refractivity contribution in [2.45, 2.75) is 17.9 Å². The van der Waals surface area contributed by atoms with Gasteiger partial charge in [0.05, 0.1) is 11.2 Å². The van der Waals surface area contributed by atoms with E-state index in [4.69, 9.17) is 4.42 Å². The molecule has 0 aliphatic heterocycles. The molecule has 0 aliphatic rings. The predicted octanol–water partition coefficient (Wildman–Crippen LogP) is 1.52. The van der Waals surface area contributed by atoms with Gasteiger partial charge < -0.3 is 9.73 Å². The van der Waals surface area contributed by atoms with Crippen LogP contribution in [0.1, 0.15) is 11.3 Å². The molecular weight excluding hydrogens is 276 g/mol. The smallest absolute Gasteiger partial charge is 0.240 e. The van der Waals surface area contributed by atoms with E-state index in [0.29, 0.717) is 19.5 Å². The molecular formula is C14H18N2O3S. The third kappa shape index (κ3) is 3.93. The number of sulfonamides is 1. The van der Waals surface area contributed by atoms with Gasteiger partial charge >= 0.3 is 0 Å². The van der Waals surface area contributed by atoms with Gasteiger partial charge in [0.2, 0.25) is 10.0 Å². The predicted molar refractivity (Wildman–Crippen MR) is 76.8 cm³/mol. The molecule has 0 radical (unpaired) electrons. The van der Waals surface area contributed by atoms with Crippen molar-refractivity contribution in [1.82, 2.24) is 10.0 Å². The summed E-state index contributed by atoms with van der Waals surface area (Å²) in [5.41, 5.74) is 1.04.